The number of hydrogen-bond donors (Lipinski definition) is 2. The van der Waals surface area contributed by atoms with Crippen molar-refractivity contribution in [2.75, 3.05) is 0 Å². The van der Waals surface area contributed by atoms with Crippen LogP contribution in [0.4, 0.5) is 8.78 Å². The van der Waals surface area contributed by atoms with Crippen molar-refractivity contribution in [2.45, 2.75) is 37.6 Å². The fourth-order valence-electron chi connectivity index (χ4n) is 2.69. The van der Waals surface area contributed by atoms with Gasteiger partial charge in [-0.3, -0.25) is 0 Å². The molecule has 18 heavy (non-hydrogen) atoms. The highest BCUT2D eigenvalue weighted by atomic mass is 19.2. The Morgan fingerprint density at radius 1 is 1.22 bits per heavy atom. The predicted octanol–water partition coefficient (Wildman–Crippen LogP) is 2.83. The van der Waals surface area contributed by atoms with Gasteiger partial charge in [0.25, 0.3) is 0 Å². The molecule has 3 nitrogen and oxygen atoms in total. The lowest BCUT2D eigenvalue weighted by molar-refractivity contribution is 0.384. The minimum absolute atomic E-state index is 0.199. The third kappa shape index (κ3) is 1.99. The van der Waals surface area contributed by atoms with E-state index in [1.807, 2.05) is 0 Å². The Morgan fingerprint density at radius 3 is 2.78 bits per heavy atom. The Hall–Kier alpha value is -1.49. The van der Waals surface area contributed by atoms with E-state index >= 15 is 0 Å². The zero-order chi connectivity index (χ0) is 12.7. The molecule has 0 bridgehead atoms. The Bertz CT molecular complexity index is 540. The molecule has 1 saturated carbocycles. The lowest BCUT2D eigenvalue weighted by atomic mass is 9.86. The lowest BCUT2D eigenvalue weighted by Crippen LogP contribution is -2.27. The van der Waals surface area contributed by atoms with E-state index in [1.54, 1.807) is 0 Å². The van der Waals surface area contributed by atoms with Crippen LogP contribution in [0, 0.1) is 11.6 Å². The van der Waals surface area contributed by atoms with E-state index in [0.29, 0.717) is 11.0 Å². The van der Waals surface area contributed by atoms with Gasteiger partial charge in [-0.15, -0.1) is 0 Å². The molecule has 1 aliphatic carbocycles. The minimum Gasteiger partial charge on any atom is -0.342 e. The molecule has 1 aromatic heterocycles. The zero-order valence-corrected chi connectivity index (χ0v) is 9.92. The number of aromatic amines is 1. The van der Waals surface area contributed by atoms with Gasteiger partial charge < -0.3 is 10.7 Å². The van der Waals surface area contributed by atoms with E-state index in [-0.39, 0.29) is 12.0 Å². The summed E-state index contributed by atoms with van der Waals surface area (Å²) in [6.07, 6.45) is 4.02. The Morgan fingerprint density at radius 2 is 2.00 bits per heavy atom. The van der Waals surface area contributed by atoms with E-state index in [4.69, 9.17) is 5.73 Å². The molecular weight excluding hydrogens is 236 g/mol. The maximum absolute atomic E-state index is 13.1. The van der Waals surface area contributed by atoms with E-state index in [2.05, 4.69) is 9.97 Å². The second-order valence-electron chi connectivity index (χ2n) is 5.03. The summed E-state index contributed by atoms with van der Waals surface area (Å²) >= 11 is 0. The van der Waals surface area contributed by atoms with Crippen LogP contribution in [-0.4, -0.2) is 16.0 Å². The summed E-state index contributed by atoms with van der Waals surface area (Å²) < 4.78 is 26.2. The first-order valence-corrected chi connectivity index (χ1v) is 6.23. The fraction of sp³-hybridized carbons (Fsp3) is 0.462. The summed E-state index contributed by atoms with van der Waals surface area (Å²) in [7, 11) is 0. The van der Waals surface area contributed by atoms with Gasteiger partial charge in [-0.2, -0.15) is 0 Å². The van der Waals surface area contributed by atoms with Gasteiger partial charge in [-0.05, 0) is 19.3 Å². The van der Waals surface area contributed by atoms with Gasteiger partial charge in [0, 0.05) is 24.1 Å². The van der Waals surface area contributed by atoms with E-state index in [9.17, 15) is 8.78 Å². The van der Waals surface area contributed by atoms with Crippen molar-refractivity contribution in [3.63, 3.8) is 0 Å². The van der Waals surface area contributed by atoms with Gasteiger partial charge in [-0.1, -0.05) is 6.42 Å². The molecule has 0 radical (unpaired) electrons. The average molecular weight is 251 g/mol. The molecule has 1 fully saturated rings. The number of H-pyrrole nitrogens is 1. The van der Waals surface area contributed by atoms with E-state index < -0.39 is 11.6 Å². The third-order valence-corrected chi connectivity index (χ3v) is 3.64. The van der Waals surface area contributed by atoms with Crippen LogP contribution in [0.2, 0.25) is 0 Å². The number of fused-ring (bicyclic) bond motifs is 1. The van der Waals surface area contributed by atoms with Crippen molar-refractivity contribution in [3.05, 3.63) is 29.6 Å². The first kappa shape index (κ1) is 11.6. The second kappa shape index (κ2) is 4.31. The van der Waals surface area contributed by atoms with E-state index in [0.717, 1.165) is 43.6 Å². The summed E-state index contributed by atoms with van der Waals surface area (Å²) in [6, 6.07) is 2.49. The van der Waals surface area contributed by atoms with Crippen molar-refractivity contribution >= 4 is 11.0 Å². The van der Waals surface area contributed by atoms with Crippen LogP contribution in [0.3, 0.4) is 0 Å². The Balaban J connectivity index is 1.97. The number of halogens is 2. The van der Waals surface area contributed by atoms with Crippen LogP contribution in [-0.2, 0) is 0 Å². The van der Waals surface area contributed by atoms with E-state index in [1.165, 1.54) is 0 Å². The lowest BCUT2D eigenvalue weighted by Gasteiger charge is -2.24. The topological polar surface area (TPSA) is 54.7 Å². The highest BCUT2D eigenvalue weighted by molar-refractivity contribution is 5.75. The molecule has 2 atom stereocenters. The molecule has 0 amide bonds. The summed E-state index contributed by atoms with van der Waals surface area (Å²) in [6.45, 7) is 0. The molecule has 0 spiro atoms. The number of nitrogens with zero attached hydrogens (tertiary/aromatic N) is 1. The molecule has 96 valence electrons. The van der Waals surface area contributed by atoms with Crippen LogP contribution >= 0.6 is 0 Å². The van der Waals surface area contributed by atoms with Crippen LogP contribution in [0.25, 0.3) is 11.0 Å². The molecular formula is C13H15F2N3. The summed E-state index contributed by atoms with van der Waals surface area (Å²) in [5, 5.41) is 0. The Labute approximate surface area is 103 Å². The first-order chi connectivity index (χ1) is 8.63. The Kier molecular flexibility index (Phi) is 2.78. The number of nitrogens with one attached hydrogen (secondary N) is 1. The smallest absolute Gasteiger partial charge is 0.161 e. The van der Waals surface area contributed by atoms with Crippen molar-refractivity contribution in [1.29, 1.82) is 0 Å². The van der Waals surface area contributed by atoms with Crippen LogP contribution in [0.1, 0.15) is 37.4 Å². The van der Waals surface area contributed by atoms with Crippen LogP contribution < -0.4 is 5.73 Å². The number of imidazole rings is 1. The molecule has 2 unspecified atom stereocenters. The van der Waals surface area contributed by atoms with Gasteiger partial charge in [0.05, 0.1) is 11.0 Å². The average Bonchev–Trinajstić information content (AvgIpc) is 2.73. The molecule has 1 aliphatic rings. The largest absolute Gasteiger partial charge is 0.342 e. The monoisotopic (exact) mass is 251 g/mol. The van der Waals surface area contributed by atoms with Gasteiger partial charge >= 0.3 is 0 Å². The number of nitrogens with two attached hydrogens (primary N) is 1. The molecule has 3 rings (SSSR count). The van der Waals surface area contributed by atoms with Gasteiger partial charge in [-0.25, -0.2) is 13.8 Å². The van der Waals surface area contributed by atoms with Crippen molar-refractivity contribution in [2.24, 2.45) is 5.73 Å². The third-order valence-electron chi connectivity index (χ3n) is 3.64. The van der Waals surface area contributed by atoms with Gasteiger partial charge in [0.1, 0.15) is 5.82 Å². The molecule has 2 aromatic rings. The number of aromatic nitrogens is 2. The van der Waals surface area contributed by atoms with Crippen molar-refractivity contribution in [1.82, 2.24) is 9.97 Å². The van der Waals surface area contributed by atoms with Crippen molar-refractivity contribution < 1.29 is 8.78 Å². The summed E-state index contributed by atoms with van der Waals surface area (Å²) in [4.78, 5) is 7.44. The number of hydrogen-bond acceptors (Lipinski definition) is 2. The first-order valence-electron chi connectivity index (χ1n) is 6.23. The highest BCUT2D eigenvalue weighted by Gasteiger charge is 2.23. The number of rotatable bonds is 1. The predicted molar refractivity (Wildman–Crippen MR) is 65.2 cm³/mol. The molecule has 1 aromatic carbocycles. The molecule has 1 heterocycles. The molecule has 5 heteroatoms. The normalized spacial score (nSPS) is 24.6. The number of benzene rings is 1. The van der Waals surface area contributed by atoms with Crippen molar-refractivity contribution in [3.8, 4) is 0 Å². The molecule has 0 aliphatic heterocycles. The summed E-state index contributed by atoms with van der Waals surface area (Å²) in [5.41, 5.74) is 6.96. The molecule has 3 N–H and O–H groups in total. The SMILES string of the molecule is NC1CCCC(c2nc3cc(F)c(F)cc3[nH]2)C1. The summed E-state index contributed by atoms with van der Waals surface area (Å²) in [5.74, 6) is -0.642. The highest BCUT2D eigenvalue weighted by Crippen LogP contribution is 2.31. The minimum atomic E-state index is -0.860. The fourth-order valence-corrected chi connectivity index (χ4v) is 2.69. The van der Waals surface area contributed by atoms with Crippen LogP contribution in [0.5, 0.6) is 0 Å². The zero-order valence-electron chi connectivity index (χ0n) is 9.92. The maximum Gasteiger partial charge on any atom is 0.161 e. The van der Waals surface area contributed by atoms with Gasteiger partial charge in [0.15, 0.2) is 11.6 Å². The molecule has 0 saturated heterocycles. The maximum atomic E-state index is 13.1. The second-order valence-corrected chi connectivity index (χ2v) is 5.03. The van der Waals surface area contributed by atoms with Crippen LogP contribution in [0.15, 0.2) is 12.1 Å². The standard InChI is InChI=1S/C13H15F2N3/c14-9-5-11-12(6-10(9)15)18-13(17-11)7-2-1-3-8(16)4-7/h5-8H,1-4,16H2,(H,17,18). The quantitative estimate of drug-likeness (QED) is 0.818. The van der Waals surface area contributed by atoms with Gasteiger partial charge in [0.2, 0.25) is 0 Å².